The van der Waals surface area contributed by atoms with Crippen molar-refractivity contribution in [1.82, 2.24) is 14.7 Å². The first kappa shape index (κ1) is 21.4. The van der Waals surface area contributed by atoms with E-state index >= 15 is 0 Å². The number of para-hydroxylation sites is 1. The van der Waals surface area contributed by atoms with Crippen molar-refractivity contribution in [2.75, 3.05) is 20.3 Å². The number of nitrogens with zero attached hydrogens (tertiary/aromatic N) is 3. The van der Waals surface area contributed by atoms with Gasteiger partial charge in [0.1, 0.15) is 15.8 Å². The summed E-state index contributed by atoms with van der Waals surface area (Å²) in [4.78, 5) is 14.9. The number of aromatic nitrogens is 2. The molecule has 3 aromatic rings. The van der Waals surface area contributed by atoms with E-state index in [2.05, 4.69) is 0 Å². The Morgan fingerprint density at radius 3 is 2.71 bits per heavy atom. The fraction of sp³-hybridized carbons (Fsp3) is 0.174. The van der Waals surface area contributed by atoms with Crippen LogP contribution in [0.1, 0.15) is 11.1 Å². The van der Waals surface area contributed by atoms with Crippen LogP contribution in [0.25, 0.3) is 23.0 Å². The van der Waals surface area contributed by atoms with E-state index in [-0.39, 0.29) is 11.7 Å². The van der Waals surface area contributed by atoms with Crippen molar-refractivity contribution >= 4 is 40.3 Å². The fourth-order valence-electron chi connectivity index (χ4n) is 3.19. The predicted octanol–water partition coefficient (Wildman–Crippen LogP) is 4.83. The summed E-state index contributed by atoms with van der Waals surface area (Å²) >= 11 is 6.61. The maximum atomic E-state index is 14.3. The lowest BCUT2D eigenvalue weighted by Crippen LogP contribution is -2.31. The molecular weight excluding hydrogens is 433 g/mol. The third-order valence-corrected chi connectivity index (χ3v) is 6.27. The largest absolute Gasteiger partial charge is 0.383 e. The average Bonchev–Trinajstić information content (AvgIpc) is 3.30. The van der Waals surface area contributed by atoms with E-state index in [1.807, 2.05) is 42.6 Å². The minimum atomic E-state index is -0.302. The summed E-state index contributed by atoms with van der Waals surface area (Å²) in [7, 11) is 1.58. The van der Waals surface area contributed by atoms with Crippen LogP contribution in [0.15, 0.2) is 59.6 Å². The van der Waals surface area contributed by atoms with E-state index in [9.17, 15) is 9.18 Å². The molecule has 2 heterocycles. The first-order chi connectivity index (χ1) is 15.0. The zero-order chi connectivity index (χ0) is 22.0. The molecule has 8 heteroatoms. The van der Waals surface area contributed by atoms with Crippen molar-refractivity contribution in [3.05, 3.63) is 76.6 Å². The predicted molar refractivity (Wildman–Crippen MR) is 125 cm³/mol. The van der Waals surface area contributed by atoms with Gasteiger partial charge in [0, 0.05) is 24.4 Å². The molecule has 1 aromatic heterocycles. The Kier molecular flexibility index (Phi) is 6.31. The molecule has 4 rings (SSSR count). The monoisotopic (exact) mass is 453 g/mol. The maximum absolute atomic E-state index is 14.3. The van der Waals surface area contributed by atoms with Crippen LogP contribution in [0.2, 0.25) is 0 Å². The lowest BCUT2D eigenvalue weighted by atomic mass is 10.1. The zero-order valence-electron chi connectivity index (χ0n) is 17.0. The summed E-state index contributed by atoms with van der Waals surface area (Å²) < 4.78 is 21.6. The lowest BCUT2D eigenvalue weighted by molar-refractivity contribution is -0.122. The van der Waals surface area contributed by atoms with Crippen LogP contribution in [0, 0.1) is 12.7 Å². The van der Waals surface area contributed by atoms with Crippen LogP contribution in [-0.4, -0.2) is 45.2 Å². The molecule has 0 unspecified atom stereocenters. The Bertz CT molecular complexity index is 1170. The number of thiocarbonyl (C=S) groups is 1. The van der Waals surface area contributed by atoms with Crippen LogP contribution in [-0.2, 0) is 9.53 Å². The third-order valence-electron chi connectivity index (χ3n) is 4.89. The average molecular weight is 454 g/mol. The first-order valence-corrected chi connectivity index (χ1v) is 10.9. The molecule has 1 amide bonds. The molecular formula is C23H20FN3O2S2. The minimum Gasteiger partial charge on any atom is -0.383 e. The second kappa shape index (κ2) is 9.13. The van der Waals surface area contributed by atoms with E-state index in [0.29, 0.717) is 44.8 Å². The van der Waals surface area contributed by atoms with Crippen molar-refractivity contribution in [3.63, 3.8) is 0 Å². The number of rotatable bonds is 6. The quantitative estimate of drug-likeness (QED) is 0.395. The van der Waals surface area contributed by atoms with Gasteiger partial charge in [-0.05, 0) is 36.8 Å². The number of carbonyl (C=O) groups excluding carboxylic acids is 1. The summed E-state index contributed by atoms with van der Waals surface area (Å²) in [6.07, 6.45) is 3.61. The van der Waals surface area contributed by atoms with Gasteiger partial charge in [-0.3, -0.25) is 9.69 Å². The maximum Gasteiger partial charge on any atom is 0.266 e. The summed E-state index contributed by atoms with van der Waals surface area (Å²) in [5.74, 6) is -0.468. The summed E-state index contributed by atoms with van der Waals surface area (Å²) in [5, 5.41) is 4.69. The summed E-state index contributed by atoms with van der Waals surface area (Å²) in [6, 6.07) is 14.6. The molecule has 1 aliphatic rings. The van der Waals surface area contributed by atoms with Crippen molar-refractivity contribution in [1.29, 1.82) is 0 Å². The second-order valence-corrected chi connectivity index (χ2v) is 8.68. The second-order valence-electron chi connectivity index (χ2n) is 7.00. The number of hydrogen-bond donors (Lipinski definition) is 0. The molecule has 1 aliphatic heterocycles. The molecule has 0 aliphatic carbocycles. The minimum absolute atomic E-state index is 0.166. The Morgan fingerprint density at radius 2 is 2.00 bits per heavy atom. The number of halogens is 1. The van der Waals surface area contributed by atoms with Crippen LogP contribution >= 0.6 is 24.0 Å². The van der Waals surface area contributed by atoms with Crippen molar-refractivity contribution in [2.45, 2.75) is 6.92 Å². The topological polar surface area (TPSA) is 47.4 Å². The normalized spacial score (nSPS) is 15.3. The third kappa shape index (κ3) is 4.46. The summed E-state index contributed by atoms with van der Waals surface area (Å²) in [5.41, 5.74) is 3.36. The molecule has 5 nitrogen and oxygen atoms in total. The zero-order valence-corrected chi connectivity index (χ0v) is 18.7. The molecule has 0 atom stereocenters. The number of amides is 1. The van der Waals surface area contributed by atoms with E-state index in [1.54, 1.807) is 30.9 Å². The Hall–Kier alpha value is -2.81. The van der Waals surface area contributed by atoms with Gasteiger partial charge in [0.05, 0.1) is 23.7 Å². The van der Waals surface area contributed by atoms with E-state index < -0.39 is 0 Å². The van der Waals surface area contributed by atoms with Crippen LogP contribution in [0.3, 0.4) is 0 Å². The molecule has 0 bridgehead atoms. The number of benzene rings is 2. The van der Waals surface area contributed by atoms with Gasteiger partial charge in [0.25, 0.3) is 5.91 Å². The molecule has 2 aromatic carbocycles. The molecule has 0 saturated carbocycles. The molecule has 0 N–H and O–H groups in total. The van der Waals surface area contributed by atoms with Crippen LogP contribution < -0.4 is 0 Å². The van der Waals surface area contributed by atoms with Gasteiger partial charge < -0.3 is 4.74 Å². The lowest BCUT2D eigenvalue weighted by Gasteiger charge is -2.12. The highest BCUT2D eigenvalue weighted by Gasteiger charge is 2.32. The van der Waals surface area contributed by atoms with E-state index in [0.717, 1.165) is 5.69 Å². The smallest absolute Gasteiger partial charge is 0.266 e. The highest BCUT2D eigenvalue weighted by Crippen LogP contribution is 2.35. The molecule has 0 spiro atoms. The molecule has 158 valence electrons. The van der Waals surface area contributed by atoms with Crippen molar-refractivity contribution < 1.29 is 13.9 Å². The Labute approximate surface area is 189 Å². The molecule has 1 fully saturated rings. The first-order valence-electron chi connectivity index (χ1n) is 9.64. The van der Waals surface area contributed by atoms with Gasteiger partial charge in [-0.2, -0.15) is 5.10 Å². The molecule has 0 radical (unpaired) electrons. The standard InChI is InChI=1S/C23H20FN3O2S2/c1-15-8-9-16(12-19(15)24)21-17(14-27(25-21)18-6-4-3-5-7-18)13-20-22(28)26(10-11-29-2)23(30)31-20/h3-9,12-14H,10-11H2,1-2H3. The number of ether oxygens (including phenoxy) is 1. The molecule has 1 saturated heterocycles. The van der Waals surface area contributed by atoms with E-state index in [4.69, 9.17) is 22.1 Å². The molecule has 31 heavy (non-hydrogen) atoms. The SMILES string of the molecule is COCCN1C(=O)C(=Cc2cn(-c3ccccc3)nc2-c2ccc(C)c(F)c2)SC1=S. The van der Waals surface area contributed by atoms with Crippen LogP contribution in [0.5, 0.6) is 0 Å². The van der Waals surface area contributed by atoms with Crippen molar-refractivity contribution in [2.24, 2.45) is 0 Å². The Balaban J connectivity index is 1.78. The number of methoxy groups -OCH3 is 1. The Morgan fingerprint density at radius 1 is 1.23 bits per heavy atom. The van der Waals surface area contributed by atoms with Gasteiger partial charge in [-0.25, -0.2) is 9.07 Å². The van der Waals surface area contributed by atoms with Crippen LogP contribution in [0.4, 0.5) is 4.39 Å². The van der Waals surface area contributed by atoms with Gasteiger partial charge in [0.15, 0.2) is 0 Å². The number of aryl methyl sites for hydroxylation is 1. The van der Waals surface area contributed by atoms with Gasteiger partial charge in [-0.15, -0.1) is 0 Å². The van der Waals surface area contributed by atoms with Gasteiger partial charge >= 0.3 is 0 Å². The number of thioether (sulfide) groups is 1. The fourth-order valence-corrected chi connectivity index (χ4v) is 4.49. The van der Waals surface area contributed by atoms with Crippen molar-refractivity contribution in [3.8, 4) is 16.9 Å². The highest BCUT2D eigenvalue weighted by molar-refractivity contribution is 8.26. The van der Waals surface area contributed by atoms with E-state index in [1.165, 1.54) is 22.7 Å². The number of carbonyl (C=O) groups is 1. The highest BCUT2D eigenvalue weighted by atomic mass is 32.2. The van der Waals surface area contributed by atoms with Gasteiger partial charge in [0.2, 0.25) is 0 Å². The van der Waals surface area contributed by atoms with Gasteiger partial charge in [-0.1, -0.05) is 54.3 Å². The number of hydrogen-bond acceptors (Lipinski definition) is 5. The summed E-state index contributed by atoms with van der Waals surface area (Å²) in [6.45, 7) is 2.52.